The maximum absolute atomic E-state index is 12.1. The van der Waals surface area contributed by atoms with E-state index in [4.69, 9.17) is 23.4 Å². The predicted octanol–water partition coefficient (Wildman–Crippen LogP) is 4.39. The molecule has 132 valence electrons. The molecule has 0 aliphatic rings. The summed E-state index contributed by atoms with van der Waals surface area (Å²) < 4.78 is 0. The van der Waals surface area contributed by atoms with E-state index in [9.17, 15) is 4.79 Å². The first-order valence-corrected chi connectivity index (χ1v) is 11.4. The van der Waals surface area contributed by atoms with Gasteiger partial charge in [-0.3, -0.25) is 5.09 Å². The second-order valence-electron chi connectivity index (χ2n) is 6.22. The van der Waals surface area contributed by atoms with Crippen molar-refractivity contribution in [3.8, 4) is 0 Å². The molecule has 2 nitrogen and oxygen atoms in total. The first kappa shape index (κ1) is 19.0. The number of rotatable bonds is 6. The zero-order valence-corrected chi connectivity index (χ0v) is 16.8. The van der Waals surface area contributed by atoms with Gasteiger partial charge in [0.2, 0.25) is 0 Å². The molecule has 0 unspecified atom stereocenters. The van der Waals surface area contributed by atoms with E-state index in [-0.39, 0.29) is 0 Å². The number of carbonyl (C=O) groups excluding carboxylic acids is 1. The van der Waals surface area contributed by atoms with Gasteiger partial charge in [0.05, 0.1) is 6.19 Å². The molecule has 26 heavy (non-hydrogen) atoms. The average molecular weight is 400 g/mol. The minimum absolute atomic E-state index is 0.632. The van der Waals surface area contributed by atoms with Gasteiger partial charge in [-0.25, -0.2) is 0 Å². The smallest absolute Gasteiger partial charge is 0.144 e. The van der Waals surface area contributed by atoms with Gasteiger partial charge in [-0.05, 0) is 24.6 Å². The SMILES string of the molecule is C[C@](C=O)(NP(=S)(c1ccccc1)c1ccccc1)c1ccc(Cl)cc1. The molecule has 5 heteroatoms. The summed E-state index contributed by atoms with van der Waals surface area (Å²) in [4.78, 5) is 12.1. The summed E-state index contributed by atoms with van der Waals surface area (Å²) in [5.41, 5.74) is -0.0933. The van der Waals surface area contributed by atoms with Crippen LogP contribution in [-0.4, -0.2) is 6.29 Å². The van der Waals surface area contributed by atoms with E-state index in [1.54, 1.807) is 12.1 Å². The molecule has 0 radical (unpaired) electrons. The predicted molar refractivity (Wildman–Crippen MR) is 114 cm³/mol. The van der Waals surface area contributed by atoms with Gasteiger partial charge in [-0.1, -0.05) is 96.2 Å². The van der Waals surface area contributed by atoms with Gasteiger partial charge in [0.15, 0.2) is 0 Å². The van der Waals surface area contributed by atoms with E-state index in [0.717, 1.165) is 22.5 Å². The van der Waals surface area contributed by atoms with Gasteiger partial charge in [0, 0.05) is 15.6 Å². The lowest BCUT2D eigenvalue weighted by atomic mass is 9.95. The summed E-state index contributed by atoms with van der Waals surface area (Å²) in [6.07, 6.45) is -1.50. The minimum Gasteiger partial charge on any atom is -0.301 e. The summed E-state index contributed by atoms with van der Waals surface area (Å²) >= 11 is 12.2. The Morgan fingerprint density at radius 3 is 1.77 bits per heavy atom. The maximum Gasteiger partial charge on any atom is 0.144 e. The largest absolute Gasteiger partial charge is 0.301 e. The topological polar surface area (TPSA) is 29.1 Å². The molecule has 0 fully saturated rings. The van der Waals surface area contributed by atoms with Crippen LogP contribution in [0.1, 0.15) is 12.5 Å². The molecule has 0 saturated heterocycles. The standard InChI is InChI=1S/C21H19ClNOPS/c1-21(16-24,17-12-14-18(22)15-13-17)23-25(26,19-8-4-2-5-9-19)20-10-6-3-7-11-20/h2-16H,1H3,(H,23,26)/t21-/m1/s1. The first-order valence-electron chi connectivity index (χ1n) is 8.21. The highest BCUT2D eigenvalue weighted by atomic mass is 35.5. The molecule has 0 bridgehead atoms. The van der Waals surface area contributed by atoms with Crippen LogP contribution in [0.3, 0.4) is 0 Å². The third-order valence-electron chi connectivity index (χ3n) is 4.31. The van der Waals surface area contributed by atoms with Crippen molar-refractivity contribution in [2.45, 2.75) is 12.5 Å². The van der Waals surface area contributed by atoms with Crippen LogP contribution in [0.5, 0.6) is 0 Å². The second kappa shape index (κ2) is 7.85. The lowest BCUT2D eigenvalue weighted by molar-refractivity contribution is -0.112. The van der Waals surface area contributed by atoms with Crippen LogP contribution in [0.4, 0.5) is 0 Å². The van der Waals surface area contributed by atoms with Crippen LogP contribution < -0.4 is 15.7 Å². The Balaban J connectivity index is 2.12. The zero-order valence-electron chi connectivity index (χ0n) is 14.3. The highest BCUT2D eigenvalue weighted by Crippen LogP contribution is 2.43. The van der Waals surface area contributed by atoms with Crippen LogP contribution in [-0.2, 0) is 22.1 Å². The van der Waals surface area contributed by atoms with Gasteiger partial charge in [0.1, 0.15) is 11.8 Å². The molecule has 0 heterocycles. The Hall–Kier alpha value is -1.77. The molecular weight excluding hydrogens is 381 g/mol. The van der Waals surface area contributed by atoms with Crippen molar-refractivity contribution >= 4 is 46.5 Å². The summed E-state index contributed by atoms with van der Waals surface area (Å²) in [6.45, 7) is 1.86. The van der Waals surface area contributed by atoms with Crippen molar-refractivity contribution in [2.75, 3.05) is 0 Å². The summed E-state index contributed by atoms with van der Waals surface area (Å²) in [7, 11) is 0. The minimum atomic E-state index is -2.42. The zero-order chi connectivity index (χ0) is 18.6. The molecule has 0 aliphatic heterocycles. The van der Waals surface area contributed by atoms with E-state index < -0.39 is 11.7 Å². The summed E-state index contributed by atoms with van der Waals surface area (Å²) in [5.74, 6) is 0. The Kier molecular flexibility index (Phi) is 5.74. The molecule has 0 spiro atoms. The van der Waals surface area contributed by atoms with Crippen LogP contribution in [0.15, 0.2) is 84.9 Å². The molecule has 3 rings (SSSR count). The molecule has 1 atom stereocenters. The lowest BCUT2D eigenvalue weighted by Gasteiger charge is -2.34. The molecule has 3 aromatic carbocycles. The first-order chi connectivity index (χ1) is 12.5. The Labute approximate surface area is 164 Å². The fraction of sp³-hybridized carbons (Fsp3) is 0.0952. The quantitative estimate of drug-likeness (QED) is 0.492. The Bertz CT molecular complexity index is 888. The number of carbonyl (C=O) groups is 1. The highest BCUT2D eigenvalue weighted by Gasteiger charge is 2.34. The van der Waals surface area contributed by atoms with E-state index in [1.165, 1.54) is 0 Å². The van der Waals surface area contributed by atoms with Crippen LogP contribution >= 0.6 is 17.8 Å². The average Bonchev–Trinajstić information content (AvgIpc) is 2.69. The molecular formula is C21H19ClNOPS. The maximum atomic E-state index is 12.1. The number of aldehydes is 1. The lowest BCUT2D eigenvalue weighted by Crippen LogP contribution is -2.43. The van der Waals surface area contributed by atoms with Crippen LogP contribution in [0.25, 0.3) is 0 Å². The van der Waals surface area contributed by atoms with E-state index in [1.807, 2.05) is 79.7 Å². The third-order valence-corrected chi connectivity index (χ3v) is 8.93. The Morgan fingerprint density at radius 1 is 0.885 bits per heavy atom. The molecule has 0 amide bonds. The Morgan fingerprint density at radius 2 is 1.35 bits per heavy atom. The molecule has 0 aliphatic carbocycles. The van der Waals surface area contributed by atoms with Crippen molar-refractivity contribution in [2.24, 2.45) is 0 Å². The van der Waals surface area contributed by atoms with E-state index in [0.29, 0.717) is 5.02 Å². The number of nitrogens with one attached hydrogen (secondary N) is 1. The fourth-order valence-electron chi connectivity index (χ4n) is 2.84. The number of hydrogen-bond acceptors (Lipinski definition) is 2. The van der Waals surface area contributed by atoms with Gasteiger partial charge in [0.25, 0.3) is 0 Å². The second-order valence-corrected chi connectivity index (χ2v) is 10.8. The third kappa shape index (κ3) is 3.82. The van der Waals surface area contributed by atoms with Crippen LogP contribution in [0.2, 0.25) is 5.02 Å². The normalized spacial score (nSPS) is 13.8. The number of benzene rings is 3. The van der Waals surface area contributed by atoms with Gasteiger partial charge >= 0.3 is 0 Å². The fourth-order valence-corrected chi connectivity index (χ4v) is 6.84. The van der Waals surface area contributed by atoms with Gasteiger partial charge < -0.3 is 4.79 Å². The van der Waals surface area contributed by atoms with E-state index >= 15 is 0 Å². The molecule has 0 saturated carbocycles. The summed E-state index contributed by atoms with van der Waals surface area (Å²) in [6, 6.07) is 27.2. The molecule has 1 N–H and O–H groups in total. The number of halogens is 1. The monoisotopic (exact) mass is 399 g/mol. The molecule has 3 aromatic rings. The van der Waals surface area contributed by atoms with Crippen molar-refractivity contribution in [1.82, 2.24) is 5.09 Å². The van der Waals surface area contributed by atoms with Crippen molar-refractivity contribution < 1.29 is 4.79 Å². The van der Waals surface area contributed by atoms with Crippen LogP contribution in [0, 0.1) is 0 Å². The van der Waals surface area contributed by atoms with E-state index in [2.05, 4.69) is 5.09 Å². The van der Waals surface area contributed by atoms with Crippen molar-refractivity contribution in [3.05, 3.63) is 95.5 Å². The van der Waals surface area contributed by atoms with Crippen molar-refractivity contribution in [1.29, 1.82) is 0 Å². The van der Waals surface area contributed by atoms with Gasteiger partial charge in [-0.15, -0.1) is 0 Å². The van der Waals surface area contributed by atoms with Crippen molar-refractivity contribution in [3.63, 3.8) is 0 Å². The summed E-state index contributed by atoms with van der Waals surface area (Å²) in [5, 5.41) is 6.21. The molecule has 0 aromatic heterocycles. The van der Waals surface area contributed by atoms with Gasteiger partial charge in [-0.2, -0.15) is 0 Å². The number of hydrogen-bond donors (Lipinski definition) is 1. The highest BCUT2D eigenvalue weighted by molar-refractivity contribution is 8.21.